The molecule has 0 aliphatic carbocycles. The molecule has 0 fully saturated rings. The molecular formula is C19H23N5OS. The monoisotopic (exact) mass is 369 g/mol. The first-order chi connectivity index (χ1) is 12.3. The fourth-order valence-electron chi connectivity index (χ4n) is 2.89. The molecule has 0 saturated carbocycles. The summed E-state index contributed by atoms with van der Waals surface area (Å²) in [7, 11) is 1.79. The van der Waals surface area contributed by atoms with Gasteiger partial charge in [-0.25, -0.2) is 9.97 Å². The molecular weight excluding hydrogens is 346 g/mol. The number of carbonyl (C=O) groups is 1. The van der Waals surface area contributed by atoms with Crippen molar-refractivity contribution >= 4 is 33.9 Å². The lowest BCUT2D eigenvalue weighted by Crippen LogP contribution is -2.11. The number of carbonyl (C=O) groups excluding carboxylic acids is 1. The minimum atomic E-state index is -0.454. The third kappa shape index (κ3) is 3.67. The van der Waals surface area contributed by atoms with E-state index in [9.17, 15) is 4.79 Å². The van der Waals surface area contributed by atoms with E-state index in [1.54, 1.807) is 7.05 Å². The Bertz CT molecular complexity index is 941. The summed E-state index contributed by atoms with van der Waals surface area (Å²) in [6, 6.07) is 8.59. The van der Waals surface area contributed by atoms with Gasteiger partial charge in [-0.1, -0.05) is 45.0 Å². The van der Waals surface area contributed by atoms with Gasteiger partial charge in [0.1, 0.15) is 17.8 Å². The van der Waals surface area contributed by atoms with Crippen LogP contribution in [-0.4, -0.2) is 26.8 Å². The van der Waals surface area contributed by atoms with Crippen molar-refractivity contribution in [3.8, 4) is 0 Å². The van der Waals surface area contributed by atoms with Crippen LogP contribution in [-0.2, 0) is 12.0 Å². The van der Waals surface area contributed by atoms with Gasteiger partial charge in [0.2, 0.25) is 0 Å². The molecule has 2 aromatic heterocycles. The molecule has 2 heterocycles. The number of anilines is 1. The lowest BCUT2D eigenvalue weighted by Gasteiger charge is -2.19. The van der Waals surface area contributed by atoms with Crippen LogP contribution >= 0.6 is 11.8 Å². The summed E-state index contributed by atoms with van der Waals surface area (Å²) < 4.78 is 2.02. The second-order valence-corrected chi connectivity index (χ2v) is 8.21. The maximum absolute atomic E-state index is 11.4. The Kier molecular flexibility index (Phi) is 4.91. The molecule has 0 aliphatic rings. The zero-order valence-corrected chi connectivity index (χ0v) is 16.2. The van der Waals surface area contributed by atoms with E-state index in [-0.39, 0.29) is 5.41 Å². The van der Waals surface area contributed by atoms with Gasteiger partial charge in [0.25, 0.3) is 5.24 Å². The zero-order valence-electron chi connectivity index (χ0n) is 15.4. The number of rotatable bonds is 4. The second kappa shape index (κ2) is 6.99. The SMILES string of the molecule is CNc1ncnc2c1c(SC(N)=O)cn2Cc1ccc(C(C)(C)C)cc1. The highest BCUT2D eigenvalue weighted by Crippen LogP contribution is 2.33. The number of nitrogens with one attached hydrogen (secondary N) is 1. The molecule has 0 aliphatic heterocycles. The van der Waals surface area contributed by atoms with Crippen molar-refractivity contribution in [2.24, 2.45) is 5.73 Å². The molecule has 7 heteroatoms. The van der Waals surface area contributed by atoms with E-state index in [2.05, 4.69) is 60.3 Å². The van der Waals surface area contributed by atoms with Crippen LogP contribution < -0.4 is 11.1 Å². The fourth-order valence-corrected chi connectivity index (χ4v) is 3.58. The lowest BCUT2D eigenvalue weighted by molar-refractivity contribution is 0.267. The number of nitrogens with zero attached hydrogens (tertiary/aromatic N) is 3. The first-order valence-electron chi connectivity index (χ1n) is 8.38. The number of primary amides is 1. The van der Waals surface area contributed by atoms with Crippen molar-refractivity contribution in [2.75, 3.05) is 12.4 Å². The quantitative estimate of drug-likeness (QED) is 0.679. The Morgan fingerprint density at radius 1 is 1.23 bits per heavy atom. The minimum Gasteiger partial charge on any atom is -0.372 e. The number of thioether (sulfide) groups is 1. The van der Waals surface area contributed by atoms with Gasteiger partial charge >= 0.3 is 0 Å². The van der Waals surface area contributed by atoms with Gasteiger partial charge in [0, 0.05) is 24.7 Å². The average Bonchev–Trinajstić information content (AvgIpc) is 2.91. The highest BCUT2D eigenvalue weighted by atomic mass is 32.2. The van der Waals surface area contributed by atoms with Crippen LogP contribution in [0.1, 0.15) is 31.9 Å². The summed E-state index contributed by atoms with van der Waals surface area (Å²) in [4.78, 5) is 20.8. The first-order valence-corrected chi connectivity index (χ1v) is 9.19. The molecule has 26 heavy (non-hydrogen) atoms. The normalized spacial score (nSPS) is 11.7. The Morgan fingerprint density at radius 3 is 2.50 bits per heavy atom. The summed E-state index contributed by atoms with van der Waals surface area (Å²) in [6.07, 6.45) is 3.43. The highest BCUT2D eigenvalue weighted by Gasteiger charge is 2.17. The van der Waals surface area contributed by atoms with E-state index in [1.165, 1.54) is 11.9 Å². The number of hydrogen-bond acceptors (Lipinski definition) is 5. The fraction of sp³-hybridized carbons (Fsp3) is 0.316. The molecule has 3 N–H and O–H groups in total. The summed E-state index contributed by atoms with van der Waals surface area (Å²) in [6.45, 7) is 7.25. The molecule has 0 bridgehead atoms. The zero-order chi connectivity index (χ0) is 18.9. The van der Waals surface area contributed by atoms with Gasteiger partial charge < -0.3 is 15.6 Å². The highest BCUT2D eigenvalue weighted by molar-refractivity contribution is 8.13. The molecule has 6 nitrogen and oxygen atoms in total. The van der Waals surface area contributed by atoms with Gasteiger partial charge in [-0.15, -0.1) is 0 Å². The van der Waals surface area contributed by atoms with Gasteiger partial charge in [0.15, 0.2) is 0 Å². The maximum atomic E-state index is 11.4. The summed E-state index contributed by atoms with van der Waals surface area (Å²) in [5.41, 5.74) is 8.73. The van der Waals surface area contributed by atoms with Crippen LogP contribution in [0.4, 0.5) is 10.6 Å². The average molecular weight is 369 g/mol. The predicted molar refractivity (Wildman–Crippen MR) is 107 cm³/mol. The van der Waals surface area contributed by atoms with Gasteiger partial charge in [-0.2, -0.15) is 0 Å². The van der Waals surface area contributed by atoms with Crippen molar-refractivity contribution in [1.29, 1.82) is 0 Å². The van der Waals surface area contributed by atoms with Crippen LogP contribution in [0.25, 0.3) is 11.0 Å². The van der Waals surface area contributed by atoms with Crippen molar-refractivity contribution in [2.45, 2.75) is 37.6 Å². The van der Waals surface area contributed by atoms with Crippen LogP contribution in [0.2, 0.25) is 0 Å². The Balaban J connectivity index is 2.01. The topological polar surface area (TPSA) is 85.8 Å². The molecule has 0 unspecified atom stereocenters. The van der Waals surface area contributed by atoms with Crippen LogP contribution in [0, 0.1) is 0 Å². The Hall–Kier alpha value is -2.54. The Labute approximate surface area is 157 Å². The summed E-state index contributed by atoms with van der Waals surface area (Å²) in [5.74, 6) is 0.681. The number of amides is 1. The van der Waals surface area contributed by atoms with Gasteiger partial charge in [-0.3, -0.25) is 4.79 Å². The van der Waals surface area contributed by atoms with Crippen molar-refractivity contribution in [3.63, 3.8) is 0 Å². The number of fused-ring (bicyclic) bond motifs is 1. The number of hydrogen-bond donors (Lipinski definition) is 2. The summed E-state index contributed by atoms with van der Waals surface area (Å²) >= 11 is 0.993. The number of nitrogens with two attached hydrogens (primary N) is 1. The van der Waals surface area contributed by atoms with E-state index in [1.807, 2.05) is 10.8 Å². The van der Waals surface area contributed by atoms with Crippen molar-refractivity contribution in [3.05, 3.63) is 47.9 Å². The Morgan fingerprint density at radius 2 is 1.92 bits per heavy atom. The van der Waals surface area contributed by atoms with E-state index in [4.69, 9.17) is 5.73 Å². The van der Waals surface area contributed by atoms with E-state index in [0.29, 0.717) is 12.4 Å². The van der Waals surface area contributed by atoms with Gasteiger partial charge in [0.05, 0.1) is 5.39 Å². The van der Waals surface area contributed by atoms with E-state index in [0.717, 1.165) is 33.3 Å². The summed E-state index contributed by atoms with van der Waals surface area (Å²) in [5, 5.41) is 3.41. The van der Waals surface area contributed by atoms with Crippen LogP contribution in [0.5, 0.6) is 0 Å². The molecule has 0 spiro atoms. The second-order valence-electron chi connectivity index (χ2n) is 7.16. The third-order valence-electron chi connectivity index (χ3n) is 4.24. The van der Waals surface area contributed by atoms with Crippen LogP contribution in [0.3, 0.4) is 0 Å². The van der Waals surface area contributed by atoms with Crippen molar-refractivity contribution in [1.82, 2.24) is 14.5 Å². The molecule has 1 aromatic carbocycles. The minimum absolute atomic E-state index is 0.124. The molecule has 0 radical (unpaired) electrons. The standard InChI is InChI=1S/C19H23N5OS/c1-19(2,3)13-7-5-12(6-8-13)9-24-10-14(26-18(20)25)15-16(21-4)22-11-23-17(15)24/h5-8,10-11H,9H2,1-4H3,(H2,20,25)(H,21,22,23). The van der Waals surface area contributed by atoms with Gasteiger partial charge in [-0.05, 0) is 28.3 Å². The molecule has 3 rings (SSSR count). The lowest BCUT2D eigenvalue weighted by atomic mass is 9.87. The molecule has 3 aromatic rings. The molecule has 1 amide bonds. The molecule has 0 saturated heterocycles. The van der Waals surface area contributed by atoms with E-state index < -0.39 is 5.24 Å². The van der Waals surface area contributed by atoms with E-state index >= 15 is 0 Å². The number of aromatic nitrogens is 3. The number of benzene rings is 1. The maximum Gasteiger partial charge on any atom is 0.281 e. The largest absolute Gasteiger partial charge is 0.372 e. The van der Waals surface area contributed by atoms with Crippen molar-refractivity contribution < 1.29 is 4.79 Å². The first kappa shape index (κ1) is 18.3. The molecule has 0 atom stereocenters. The smallest absolute Gasteiger partial charge is 0.281 e. The predicted octanol–water partition coefficient (Wildman–Crippen LogP) is 3.99. The third-order valence-corrected chi connectivity index (χ3v) is 4.97. The molecule has 136 valence electrons. The van der Waals surface area contributed by atoms with Crippen LogP contribution in [0.15, 0.2) is 41.7 Å².